The fourth-order valence-electron chi connectivity index (χ4n) is 1.54. The van der Waals surface area contributed by atoms with Gasteiger partial charge in [0.1, 0.15) is 24.5 Å². The zero-order valence-corrected chi connectivity index (χ0v) is 12.2. The average molecular weight is 278 g/mol. The second-order valence-electron chi connectivity index (χ2n) is 5.50. The molecule has 5 heteroatoms. The van der Waals surface area contributed by atoms with Gasteiger partial charge in [0.2, 0.25) is 0 Å². The van der Waals surface area contributed by atoms with Gasteiger partial charge < -0.3 is 20.3 Å². The number of aliphatic hydroxyl groups excluding tert-OH is 2. The van der Waals surface area contributed by atoms with Gasteiger partial charge in [0.05, 0.1) is 12.2 Å². The predicted octanol–water partition coefficient (Wildman–Crippen LogP) is 0.967. The number of aryl methyl sites for hydroxylation is 1. The molecule has 0 radical (unpaired) electrons. The van der Waals surface area contributed by atoms with Gasteiger partial charge in [-0.2, -0.15) is 5.26 Å². The fraction of sp³-hybridized carbons (Fsp3) is 0.533. The zero-order valence-electron chi connectivity index (χ0n) is 12.2. The fourth-order valence-corrected chi connectivity index (χ4v) is 1.54. The minimum absolute atomic E-state index is 0.0168. The molecule has 110 valence electrons. The van der Waals surface area contributed by atoms with Gasteiger partial charge in [-0.1, -0.05) is 6.07 Å². The number of hydrogen-bond donors (Lipinski definition) is 3. The van der Waals surface area contributed by atoms with Crippen LogP contribution in [0.5, 0.6) is 5.75 Å². The van der Waals surface area contributed by atoms with Gasteiger partial charge in [-0.15, -0.1) is 0 Å². The first kappa shape index (κ1) is 16.4. The Morgan fingerprint density at radius 3 is 2.75 bits per heavy atom. The monoisotopic (exact) mass is 278 g/mol. The molecule has 0 spiro atoms. The van der Waals surface area contributed by atoms with Crippen LogP contribution in [-0.4, -0.2) is 41.6 Å². The predicted molar refractivity (Wildman–Crippen MR) is 76.6 cm³/mol. The van der Waals surface area contributed by atoms with Crippen LogP contribution in [0, 0.1) is 18.3 Å². The van der Waals surface area contributed by atoms with Crippen molar-refractivity contribution >= 4 is 0 Å². The number of hydrogen-bond acceptors (Lipinski definition) is 5. The average Bonchev–Trinajstić information content (AvgIpc) is 2.43. The minimum Gasteiger partial charge on any atom is -0.489 e. The van der Waals surface area contributed by atoms with Gasteiger partial charge in [-0.25, -0.2) is 0 Å². The Balaban J connectivity index is 2.51. The standard InChI is InChI=1S/C15H22N2O3/c1-11-4-5-12(7-16)14(6-11)20-9-13(19)8-17-15(2,3)10-18/h4-6,13,17-19H,8-10H2,1-3H3. The summed E-state index contributed by atoms with van der Waals surface area (Å²) in [6, 6.07) is 7.37. The topological polar surface area (TPSA) is 85.5 Å². The molecule has 0 aromatic heterocycles. The lowest BCUT2D eigenvalue weighted by Gasteiger charge is -2.25. The third kappa shape index (κ3) is 5.17. The highest BCUT2D eigenvalue weighted by Gasteiger charge is 2.17. The number of nitrogens with one attached hydrogen (secondary N) is 1. The maximum atomic E-state index is 9.85. The van der Waals surface area contributed by atoms with Crippen molar-refractivity contribution in [3.8, 4) is 11.8 Å². The van der Waals surface area contributed by atoms with E-state index in [0.29, 0.717) is 17.9 Å². The largest absolute Gasteiger partial charge is 0.489 e. The summed E-state index contributed by atoms with van der Waals surface area (Å²) in [4.78, 5) is 0. The number of benzene rings is 1. The van der Waals surface area contributed by atoms with E-state index in [9.17, 15) is 5.11 Å². The van der Waals surface area contributed by atoms with Crippen LogP contribution in [0.4, 0.5) is 0 Å². The van der Waals surface area contributed by atoms with Crippen molar-refractivity contribution in [2.75, 3.05) is 19.8 Å². The molecule has 1 aromatic rings. The number of nitriles is 1. The minimum atomic E-state index is -0.715. The van der Waals surface area contributed by atoms with Gasteiger partial charge in [0.15, 0.2) is 0 Å². The van der Waals surface area contributed by atoms with Gasteiger partial charge in [-0.05, 0) is 38.5 Å². The van der Waals surface area contributed by atoms with Gasteiger partial charge in [-0.3, -0.25) is 0 Å². The molecule has 0 amide bonds. The number of aliphatic hydroxyl groups is 2. The van der Waals surface area contributed by atoms with E-state index in [2.05, 4.69) is 11.4 Å². The molecule has 0 aliphatic carbocycles. The molecule has 0 fully saturated rings. The van der Waals surface area contributed by atoms with Crippen molar-refractivity contribution in [3.63, 3.8) is 0 Å². The first-order valence-corrected chi connectivity index (χ1v) is 6.55. The first-order chi connectivity index (χ1) is 9.38. The Hall–Kier alpha value is -1.61. The highest BCUT2D eigenvalue weighted by Crippen LogP contribution is 2.19. The lowest BCUT2D eigenvalue weighted by Crippen LogP contribution is -2.47. The normalized spacial score (nSPS) is 12.8. The summed E-state index contributed by atoms with van der Waals surface area (Å²) in [5.41, 5.74) is 1.00. The van der Waals surface area contributed by atoms with E-state index in [4.69, 9.17) is 15.1 Å². The van der Waals surface area contributed by atoms with Crippen molar-refractivity contribution in [3.05, 3.63) is 29.3 Å². The number of ether oxygens (including phenoxy) is 1. The second kappa shape index (κ2) is 7.25. The van der Waals surface area contributed by atoms with E-state index < -0.39 is 11.6 Å². The van der Waals surface area contributed by atoms with Crippen molar-refractivity contribution < 1.29 is 14.9 Å². The Labute approximate surface area is 119 Å². The molecule has 0 bridgehead atoms. The van der Waals surface area contributed by atoms with E-state index in [1.54, 1.807) is 12.1 Å². The highest BCUT2D eigenvalue weighted by atomic mass is 16.5. The van der Waals surface area contributed by atoms with Gasteiger partial charge >= 0.3 is 0 Å². The molecule has 1 unspecified atom stereocenters. The summed E-state index contributed by atoms with van der Waals surface area (Å²) in [5.74, 6) is 0.480. The van der Waals surface area contributed by atoms with Crippen LogP contribution in [0.15, 0.2) is 18.2 Å². The molecular weight excluding hydrogens is 256 g/mol. The SMILES string of the molecule is Cc1ccc(C#N)c(OCC(O)CNC(C)(C)CO)c1. The van der Waals surface area contributed by atoms with Crippen LogP contribution < -0.4 is 10.1 Å². The van der Waals surface area contributed by atoms with Crippen molar-refractivity contribution in [2.24, 2.45) is 0 Å². The van der Waals surface area contributed by atoms with Crippen molar-refractivity contribution in [2.45, 2.75) is 32.4 Å². The summed E-state index contributed by atoms with van der Waals surface area (Å²) < 4.78 is 5.49. The Kier molecular flexibility index (Phi) is 5.96. The summed E-state index contributed by atoms with van der Waals surface area (Å²) >= 11 is 0. The summed E-state index contributed by atoms with van der Waals surface area (Å²) in [6.45, 7) is 5.98. The third-order valence-corrected chi connectivity index (χ3v) is 2.90. The molecule has 0 aliphatic heterocycles. The van der Waals surface area contributed by atoms with Crippen LogP contribution in [0.3, 0.4) is 0 Å². The van der Waals surface area contributed by atoms with E-state index >= 15 is 0 Å². The molecule has 0 saturated heterocycles. The van der Waals surface area contributed by atoms with Crippen LogP contribution in [-0.2, 0) is 0 Å². The highest BCUT2D eigenvalue weighted by molar-refractivity contribution is 5.45. The van der Waals surface area contributed by atoms with Gasteiger partial charge in [0.25, 0.3) is 0 Å². The molecule has 0 saturated carbocycles. The Morgan fingerprint density at radius 2 is 2.15 bits per heavy atom. The zero-order chi connectivity index (χ0) is 15.2. The molecule has 3 N–H and O–H groups in total. The molecule has 1 rings (SSSR count). The first-order valence-electron chi connectivity index (χ1n) is 6.55. The Morgan fingerprint density at radius 1 is 1.45 bits per heavy atom. The van der Waals surface area contributed by atoms with E-state index in [-0.39, 0.29) is 13.2 Å². The third-order valence-electron chi connectivity index (χ3n) is 2.90. The Bertz CT molecular complexity index is 480. The molecule has 1 atom stereocenters. The van der Waals surface area contributed by atoms with E-state index in [1.807, 2.05) is 26.8 Å². The lowest BCUT2D eigenvalue weighted by molar-refractivity contribution is 0.0905. The quantitative estimate of drug-likeness (QED) is 0.692. The molecule has 0 aliphatic rings. The number of nitrogens with zero attached hydrogens (tertiary/aromatic N) is 1. The molecule has 5 nitrogen and oxygen atoms in total. The molecular formula is C15H22N2O3. The maximum Gasteiger partial charge on any atom is 0.137 e. The summed E-state index contributed by atoms with van der Waals surface area (Å²) in [5, 5.41) is 31.0. The molecule has 1 aromatic carbocycles. The van der Waals surface area contributed by atoms with Crippen LogP contribution in [0.1, 0.15) is 25.0 Å². The smallest absolute Gasteiger partial charge is 0.137 e. The van der Waals surface area contributed by atoms with Crippen LogP contribution in [0.2, 0.25) is 0 Å². The number of rotatable bonds is 7. The van der Waals surface area contributed by atoms with E-state index in [0.717, 1.165) is 5.56 Å². The summed E-state index contributed by atoms with van der Waals surface area (Å²) in [7, 11) is 0. The molecule has 20 heavy (non-hydrogen) atoms. The maximum absolute atomic E-state index is 9.85. The van der Waals surface area contributed by atoms with Crippen LogP contribution in [0.25, 0.3) is 0 Å². The van der Waals surface area contributed by atoms with E-state index in [1.165, 1.54) is 0 Å². The summed E-state index contributed by atoms with van der Waals surface area (Å²) in [6.07, 6.45) is -0.715. The lowest BCUT2D eigenvalue weighted by atomic mass is 10.1. The van der Waals surface area contributed by atoms with Crippen LogP contribution >= 0.6 is 0 Å². The number of β-amino-alcohol motifs (C(OH)–C–C–N with tert-alkyl or cyclic N) is 1. The van der Waals surface area contributed by atoms with Gasteiger partial charge in [0, 0.05) is 12.1 Å². The second-order valence-corrected chi connectivity index (χ2v) is 5.50. The van der Waals surface area contributed by atoms with Crippen molar-refractivity contribution in [1.29, 1.82) is 5.26 Å². The van der Waals surface area contributed by atoms with Crippen molar-refractivity contribution in [1.82, 2.24) is 5.32 Å². The molecule has 0 heterocycles.